The molecule has 0 aliphatic carbocycles. The number of rotatable bonds is 5. The van der Waals surface area contributed by atoms with E-state index >= 15 is 0 Å². The number of ether oxygens (including phenoxy) is 2. The van der Waals surface area contributed by atoms with Gasteiger partial charge in [0.1, 0.15) is 5.75 Å². The maximum Gasteiger partial charge on any atom is 0.339 e. The lowest BCUT2D eigenvalue weighted by Gasteiger charge is -2.15. The van der Waals surface area contributed by atoms with E-state index in [-0.39, 0.29) is 11.3 Å². The number of imidazole rings is 1. The molecular formula is C24H22N4O5. The number of fused-ring (bicyclic) bond motifs is 1. The number of aryl methyl sites for hydroxylation is 2. The van der Waals surface area contributed by atoms with Gasteiger partial charge in [-0.1, -0.05) is 30.3 Å². The van der Waals surface area contributed by atoms with Gasteiger partial charge in [0.15, 0.2) is 5.75 Å². The highest BCUT2D eigenvalue weighted by molar-refractivity contribution is 6.06. The number of urea groups is 1. The van der Waals surface area contributed by atoms with Gasteiger partial charge < -0.3 is 20.1 Å². The standard InChI is InChI=1S/C24H22N4O5/c1-27-19-13-18(26-23(30)25-17-12-8-7-11-16(17)22(29)32-3)21(14-20(19)28(2)24(27)31)33-15-9-5-4-6-10-15/h4-14H,1-3H3,(H2,25,26,30). The Morgan fingerprint density at radius 1 is 0.818 bits per heavy atom. The van der Waals surface area contributed by atoms with Gasteiger partial charge in [-0.15, -0.1) is 0 Å². The zero-order chi connectivity index (χ0) is 23.5. The van der Waals surface area contributed by atoms with E-state index in [9.17, 15) is 14.4 Å². The smallest absolute Gasteiger partial charge is 0.339 e. The fourth-order valence-corrected chi connectivity index (χ4v) is 3.48. The molecule has 1 heterocycles. The number of carbonyl (C=O) groups excluding carboxylic acids is 2. The summed E-state index contributed by atoms with van der Waals surface area (Å²) < 4.78 is 13.8. The minimum Gasteiger partial charge on any atom is -0.465 e. The van der Waals surface area contributed by atoms with E-state index in [1.54, 1.807) is 62.6 Å². The second-order valence-electron chi connectivity index (χ2n) is 7.27. The molecule has 0 atom stereocenters. The normalized spacial score (nSPS) is 10.6. The average Bonchev–Trinajstić information content (AvgIpc) is 3.03. The van der Waals surface area contributed by atoms with Crippen LogP contribution in [0.1, 0.15) is 10.4 Å². The molecule has 9 heteroatoms. The summed E-state index contributed by atoms with van der Waals surface area (Å²) in [6, 6.07) is 18.4. The van der Waals surface area contributed by atoms with Crippen molar-refractivity contribution in [3.8, 4) is 11.5 Å². The molecule has 33 heavy (non-hydrogen) atoms. The van der Waals surface area contributed by atoms with E-state index in [0.29, 0.717) is 33.9 Å². The number of esters is 1. The molecule has 4 aromatic rings. The first kappa shape index (κ1) is 21.7. The molecular weight excluding hydrogens is 424 g/mol. The van der Waals surface area contributed by atoms with Crippen molar-refractivity contribution in [2.24, 2.45) is 14.1 Å². The molecule has 0 fully saturated rings. The van der Waals surface area contributed by atoms with Crippen molar-refractivity contribution in [2.75, 3.05) is 17.7 Å². The van der Waals surface area contributed by atoms with Crippen molar-refractivity contribution in [1.29, 1.82) is 0 Å². The van der Waals surface area contributed by atoms with Crippen LogP contribution in [0.15, 0.2) is 71.5 Å². The van der Waals surface area contributed by atoms with Crippen LogP contribution in [0.5, 0.6) is 11.5 Å². The van der Waals surface area contributed by atoms with Gasteiger partial charge in [-0.25, -0.2) is 14.4 Å². The summed E-state index contributed by atoms with van der Waals surface area (Å²) >= 11 is 0. The highest BCUT2D eigenvalue weighted by atomic mass is 16.5. The Kier molecular flexibility index (Phi) is 5.86. The lowest BCUT2D eigenvalue weighted by molar-refractivity contribution is 0.0602. The Morgan fingerprint density at radius 2 is 1.42 bits per heavy atom. The van der Waals surface area contributed by atoms with E-state index in [1.165, 1.54) is 16.2 Å². The fourth-order valence-electron chi connectivity index (χ4n) is 3.48. The van der Waals surface area contributed by atoms with Gasteiger partial charge >= 0.3 is 17.7 Å². The maximum absolute atomic E-state index is 12.8. The highest BCUT2D eigenvalue weighted by Crippen LogP contribution is 2.33. The summed E-state index contributed by atoms with van der Waals surface area (Å²) in [6.07, 6.45) is 0. The van der Waals surface area contributed by atoms with Gasteiger partial charge in [-0.3, -0.25) is 9.13 Å². The Labute approximate surface area is 189 Å². The van der Waals surface area contributed by atoms with Crippen LogP contribution in [-0.4, -0.2) is 28.2 Å². The second kappa shape index (κ2) is 8.91. The summed E-state index contributed by atoms with van der Waals surface area (Å²) in [5.41, 5.74) is 1.92. The third-order valence-electron chi connectivity index (χ3n) is 5.17. The lowest BCUT2D eigenvalue weighted by atomic mass is 10.2. The number of aromatic nitrogens is 2. The van der Waals surface area contributed by atoms with Crippen LogP contribution < -0.4 is 21.1 Å². The number of anilines is 2. The quantitative estimate of drug-likeness (QED) is 0.449. The molecule has 0 saturated heterocycles. The Balaban J connectivity index is 1.71. The van der Waals surface area contributed by atoms with Crippen LogP contribution in [0.4, 0.5) is 16.2 Å². The van der Waals surface area contributed by atoms with Crippen molar-refractivity contribution in [3.63, 3.8) is 0 Å². The molecule has 9 nitrogen and oxygen atoms in total. The maximum atomic E-state index is 12.8. The van der Waals surface area contributed by atoms with Crippen LogP contribution >= 0.6 is 0 Å². The number of para-hydroxylation sites is 2. The Bertz CT molecular complexity index is 1410. The van der Waals surface area contributed by atoms with Gasteiger partial charge in [0.25, 0.3) is 0 Å². The monoisotopic (exact) mass is 446 g/mol. The molecule has 4 rings (SSSR count). The predicted molar refractivity (Wildman–Crippen MR) is 125 cm³/mol. The second-order valence-corrected chi connectivity index (χ2v) is 7.27. The number of hydrogen-bond acceptors (Lipinski definition) is 5. The fraction of sp³-hybridized carbons (Fsp3) is 0.125. The van der Waals surface area contributed by atoms with Gasteiger partial charge in [-0.05, 0) is 30.3 Å². The molecule has 0 aliphatic heterocycles. The third kappa shape index (κ3) is 4.29. The molecule has 2 amide bonds. The molecule has 1 aromatic heterocycles. The van der Waals surface area contributed by atoms with Crippen LogP contribution in [-0.2, 0) is 18.8 Å². The first-order valence-electron chi connectivity index (χ1n) is 10.1. The molecule has 0 radical (unpaired) electrons. The van der Waals surface area contributed by atoms with E-state index in [1.807, 2.05) is 18.2 Å². The first-order chi connectivity index (χ1) is 15.9. The van der Waals surface area contributed by atoms with E-state index in [0.717, 1.165) is 0 Å². The van der Waals surface area contributed by atoms with Crippen LogP contribution in [0.3, 0.4) is 0 Å². The zero-order valence-corrected chi connectivity index (χ0v) is 18.3. The molecule has 0 bridgehead atoms. The van der Waals surface area contributed by atoms with E-state index in [4.69, 9.17) is 9.47 Å². The molecule has 168 valence electrons. The molecule has 2 N–H and O–H groups in total. The van der Waals surface area contributed by atoms with Crippen LogP contribution in [0.2, 0.25) is 0 Å². The van der Waals surface area contributed by atoms with Gasteiger partial charge in [0.05, 0.1) is 35.1 Å². The average molecular weight is 446 g/mol. The molecule has 0 aliphatic rings. The molecule has 0 saturated carbocycles. The number of nitrogens with zero attached hydrogens (tertiary/aromatic N) is 2. The summed E-state index contributed by atoms with van der Waals surface area (Å²) in [5, 5.41) is 5.42. The van der Waals surface area contributed by atoms with Crippen molar-refractivity contribution in [3.05, 3.63) is 82.8 Å². The van der Waals surface area contributed by atoms with Crippen molar-refractivity contribution >= 4 is 34.4 Å². The highest BCUT2D eigenvalue weighted by Gasteiger charge is 2.18. The van der Waals surface area contributed by atoms with Gasteiger partial charge in [0.2, 0.25) is 0 Å². The first-order valence-corrected chi connectivity index (χ1v) is 10.1. The number of methoxy groups -OCH3 is 1. The molecule has 0 unspecified atom stereocenters. The van der Waals surface area contributed by atoms with Gasteiger partial charge in [-0.2, -0.15) is 0 Å². The summed E-state index contributed by atoms with van der Waals surface area (Å²) in [5.74, 6) is 0.350. The summed E-state index contributed by atoms with van der Waals surface area (Å²) in [7, 11) is 4.59. The van der Waals surface area contributed by atoms with Crippen molar-refractivity contribution < 1.29 is 19.1 Å². The zero-order valence-electron chi connectivity index (χ0n) is 18.3. The lowest BCUT2D eigenvalue weighted by Crippen LogP contribution is -2.21. The largest absolute Gasteiger partial charge is 0.465 e. The number of nitrogens with one attached hydrogen (secondary N) is 2. The number of benzene rings is 3. The minimum atomic E-state index is -0.593. The Morgan fingerprint density at radius 3 is 2.12 bits per heavy atom. The van der Waals surface area contributed by atoms with Crippen LogP contribution in [0, 0.1) is 0 Å². The van der Waals surface area contributed by atoms with Crippen LogP contribution in [0.25, 0.3) is 11.0 Å². The van der Waals surface area contributed by atoms with Crippen molar-refractivity contribution in [2.45, 2.75) is 0 Å². The molecule has 3 aromatic carbocycles. The minimum absolute atomic E-state index is 0.204. The van der Waals surface area contributed by atoms with Gasteiger partial charge in [0, 0.05) is 20.2 Å². The topological polar surface area (TPSA) is 104 Å². The third-order valence-corrected chi connectivity index (χ3v) is 5.17. The van der Waals surface area contributed by atoms with E-state index < -0.39 is 12.0 Å². The van der Waals surface area contributed by atoms with E-state index in [2.05, 4.69) is 10.6 Å². The summed E-state index contributed by atoms with van der Waals surface area (Å²) in [4.78, 5) is 37.2. The predicted octanol–water partition coefficient (Wildman–Crippen LogP) is 4.10. The Hall–Kier alpha value is -4.53. The number of hydrogen-bond donors (Lipinski definition) is 2. The number of amides is 2. The number of carbonyl (C=O) groups is 2. The van der Waals surface area contributed by atoms with Crippen molar-refractivity contribution in [1.82, 2.24) is 9.13 Å². The summed E-state index contributed by atoms with van der Waals surface area (Å²) in [6.45, 7) is 0. The SMILES string of the molecule is COC(=O)c1ccccc1NC(=O)Nc1cc2c(cc1Oc1ccccc1)n(C)c(=O)n2C. The molecule has 0 spiro atoms.